The van der Waals surface area contributed by atoms with Crippen LogP contribution in [0.5, 0.6) is 11.5 Å². The van der Waals surface area contributed by atoms with Crippen molar-refractivity contribution in [2.45, 2.75) is 45.8 Å². The molecule has 0 aliphatic carbocycles. The van der Waals surface area contributed by atoms with Crippen LogP contribution in [0.15, 0.2) is 18.2 Å². The van der Waals surface area contributed by atoms with Gasteiger partial charge in [-0.1, -0.05) is 19.9 Å². The van der Waals surface area contributed by atoms with Crippen LogP contribution < -0.4 is 14.8 Å². The van der Waals surface area contributed by atoms with Gasteiger partial charge in [-0.05, 0) is 44.5 Å². The maximum atomic E-state index is 6.06. The van der Waals surface area contributed by atoms with E-state index in [9.17, 15) is 0 Å². The summed E-state index contributed by atoms with van der Waals surface area (Å²) in [5, 5.41) is 3.56. The number of nitrogens with one attached hydrogen (secondary N) is 1. The molecule has 1 aromatic carbocycles. The predicted molar refractivity (Wildman–Crippen MR) is 84.2 cm³/mol. The van der Waals surface area contributed by atoms with Gasteiger partial charge in [0.1, 0.15) is 13.2 Å². The fourth-order valence-corrected chi connectivity index (χ4v) is 2.85. The van der Waals surface area contributed by atoms with E-state index in [1.54, 1.807) is 0 Å². The van der Waals surface area contributed by atoms with Crippen LogP contribution in [0.1, 0.15) is 45.7 Å². The van der Waals surface area contributed by atoms with E-state index in [1.807, 2.05) is 13.0 Å². The third-order valence-electron chi connectivity index (χ3n) is 4.09. The lowest BCUT2D eigenvalue weighted by Crippen LogP contribution is -2.43. The Morgan fingerprint density at radius 3 is 2.52 bits per heavy atom. The molecule has 0 bridgehead atoms. The standard InChI is InChI=1S/C17H27NO3/c1-5-17(4,21-7-3)16(18-6-2)13-8-9-14-15(12-13)20-11-10-19-14/h8-9,12,16,18H,5-7,10-11H2,1-4H3. The minimum absolute atomic E-state index is 0.128. The van der Waals surface area contributed by atoms with Gasteiger partial charge in [-0.2, -0.15) is 0 Å². The number of fused-ring (bicyclic) bond motifs is 1. The van der Waals surface area contributed by atoms with Gasteiger partial charge in [0.25, 0.3) is 0 Å². The summed E-state index contributed by atoms with van der Waals surface area (Å²) in [6.07, 6.45) is 0.937. The summed E-state index contributed by atoms with van der Waals surface area (Å²) in [5.74, 6) is 1.66. The van der Waals surface area contributed by atoms with Gasteiger partial charge in [0.15, 0.2) is 11.5 Å². The van der Waals surface area contributed by atoms with E-state index in [2.05, 4.69) is 38.2 Å². The Kier molecular flexibility index (Phi) is 5.48. The molecule has 4 heteroatoms. The molecule has 21 heavy (non-hydrogen) atoms. The quantitative estimate of drug-likeness (QED) is 0.837. The van der Waals surface area contributed by atoms with Gasteiger partial charge in [-0.3, -0.25) is 0 Å². The van der Waals surface area contributed by atoms with Gasteiger partial charge in [-0.15, -0.1) is 0 Å². The Morgan fingerprint density at radius 2 is 1.90 bits per heavy atom. The van der Waals surface area contributed by atoms with Crippen molar-refractivity contribution >= 4 is 0 Å². The molecule has 1 aromatic rings. The van der Waals surface area contributed by atoms with E-state index in [4.69, 9.17) is 14.2 Å². The number of ether oxygens (including phenoxy) is 3. The lowest BCUT2D eigenvalue weighted by Gasteiger charge is -2.38. The summed E-state index contributed by atoms with van der Waals surface area (Å²) in [4.78, 5) is 0. The largest absolute Gasteiger partial charge is 0.486 e. The van der Waals surface area contributed by atoms with Crippen LogP contribution in [0.4, 0.5) is 0 Å². The zero-order chi connectivity index (χ0) is 15.3. The van der Waals surface area contributed by atoms with Crippen molar-refractivity contribution in [1.82, 2.24) is 5.32 Å². The molecule has 2 unspecified atom stereocenters. The molecular weight excluding hydrogens is 266 g/mol. The van der Waals surface area contributed by atoms with E-state index in [0.29, 0.717) is 19.8 Å². The normalized spacial score (nSPS) is 18.1. The highest BCUT2D eigenvalue weighted by Crippen LogP contribution is 2.37. The van der Waals surface area contributed by atoms with Crippen LogP contribution in [0.2, 0.25) is 0 Å². The molecule has 0 saturated heterocycles. The van der Waals surface area contributed by atoms with Crippen molar-refractivity contribution in [3.8, 4) is 11.5 Å². The van der Waals surface area contributed by atoms with Crippen molar-refractivity contribution in [2.24, 2.45) is 0 Å². The predicted octanol–water partition coefficient (Wildman–Crippen LogP) is 3.31. The number of hydrogen-bond donors (Lipinski definition) is 1. The molecule has 0 amide bonds. The zero-order valence-corrected chi connectivity index (χ0v) is 13.6. The summed E-state index contributed by atoms with van der Waals surface area (Å²) >= 11 is 0. The Hall–Kier alpha value is -1.26. The molecule has 2 atom stereocenters. The first-order valence-electron chi connectivity index (χ1n) is 7.91. The first-order chi connectivity index (χ1) is 10.1. The van der Waals surface area contributed by atoms with Gasteiger partial charge in [-0.25, -0.2) is 0 Å². The van der Waals surface area contributed by atoms with Crippen LogP contribution in [-0.4, -0.2) is 32.0 Å². The number of benzene rings is 1. The Balaban J connectivity index is 2.33. The van der Waals surface area contributed by atoms with Gasteiger partial charge < -0.3 is 19.5 Å². The SMILES string of the molecule is CCNC(c1ccc2c(c1)OCCO2)C(C)(CC)OCC. The minimum atomic E-state index is -0.242. The first-order valence-corrected chi connectivity index (χ1v) is 7.91. The molecular formula is C17H27NO3. The van der Waals surface area contributed by atoms with Crippen molar-refractivity contribution in [3.05, 3.63) is 23.8 Å². The molecule has 118 valence electrons. The summed E-state index contributed by atoms with van der Waals surface area (Å²) < 4.78 is 17.4. The monoisotopic (exact) mass is 293 g/mol. The lowest BCUT2D eigenvalue weighted by molar-refractivity contribution is -0.0560. The smallest absolute Gasteiger partial charge is 0.161 e. The molecule has 0 fully saturated rings. The molecule has 2 rings (SSSR count). The highest BCUT2D eigenvalue weighted by atomic mass is 16.6. The second-order valence-electron chi connectivity index (χ2n) is 5.49. The number of rotatable bonds is 7. The topological polar surface area (TPSA) is 39.7 Å². The van der Waals surface area contributed by atoms with Gasteiger partial charge >= 0.3 is 0 Å². The van der Waals surface area contributed by atoms with E-state index in [1.165, 1.54) is 5.56 Å². The van der Waals surface area contributed by atoms with E-state index in [0.717, 1.165) is 24.5 Å². The average molecular weight is 293 g/mol. The Morgan fingerprint density at radius 1 is 1.19 bits per heavy atom. The fraction of sp³-hybridized carbons (Fsp3) is 0.647. The van der Waals surface area contributed by atoms with Crippen molar-refractivity contribution in [3.63, 3.8) is 0 Å². The molecule has 0 aromatic heterocycles. The Labute approximate surface area is 127 Å². The Bertz CT molecular complexity index is 463. The van der Waals surface area contributed by atoms with Crippen molar-refractivity contribution in [1.29, 1.82) is 0 Å². The third-order valence-corrected chi connectivity index (χ3v) is 4.09. The van der Waals surface area contributed by atoms with Gasteiger partial charge in [0.05, 0.1) is 11.6 Å². The molecule has 1 aliphatic heterocycles. The minimum Gasteiger partial charge on any atom is -0.486 e. The molecule has 0 spiro atoms. The highest BCUT2D eigenvalue weighted by molar-refractivity contribution is 5.45. The maximum absolute atomic E-state index is 6.06. The molecule has 0 radical (unpaired) electrons. The fourth-order valence-electron chi connectivity index (χ4n) is 2.85. The third kappa shape index (κ3) is 3.50. The van der Waals surface area contributed by atoms with Crippen LogP contribution >= 0.6 is 0 Å². The van der Waals surface area contributed by atoms with E-state index >= 15 is 0 Å². The van der Waals surface area contributed by atoms with Gasteiger partial charge in [0.2, 0.25) is 0 Å². The van der Waals surface area contributed by atoms with Gasteiger partial charge in [0, 0.05) is 6.61 Å². The molecule has 1 heterocycles. The summed E-state index contributed by atoms with van der Waals surface area (Å²) in [5.41, 5.74) is 0.938. The number of hydrogen-bond acceptors (Lipinski definition) is 4. The molecule has 1 N–H and O–H groups in total. The summed E-state index contributed by atoms with van der Waals surface area (Å²) in [6, 6.07) is 6.31. The summed E-state index contributed by atoms with van der Waals surface area (Å²) in [7, 11) is 0. The highest BCUT2D eigenvalue weighted by Gasteiger charge is 2.34. The first kappa shape index (κ1) is 16.1. The average Bonchev–Trinajstić information content (AvgIpc) is 2.52. The van der Waals surface area contributed by atoms with Crippen LogP contribution in [0, 0.1) is 0 Å². The van der Waals surface area contributed by atoms with E-state index < -0.39 is 0 Å². The molecule has 1 aliphatic rings. The van der Waals surface area contributed by atoms with Crippen LogP contribution in [-0.2, 0) is 4.74 Å². The lowest BCUT2D eigenvalue weighted by atomic mass is 9.87. The zero-order valence-electron chi connectivity index (χ0n) is 13.6. The second-order valence-corrected chi connectivity index (χ2v) is 5.49. The van der Waals surface area contributed by atoms with E-state index in [-0.39, 0.29) is 11.6 Å². The number of likely N-dealkylation sites (N-methyl/N-ethyl adjacent to an activating group) is 1. The van der Waals surface area contributed by atoms with Crippen molar-refractivity contribution < 1.29 is 14.2 Å². The molecule has 0 saturated carbocycles. The molecule has 4 nitrogen and oxygen atoms in total. The van der Waals surface area contributed by atoms with Crippen LogP contribution in [0.3, 0.4) is 0 Å². The van der Waals surface area contributed by atoms with Crippen molar-refractivity contribution in [2.75, 3.05) is 26.4 Å². The second kappa shape index (κ2) is 7.14. The maximum Gasteiger partial charge on any atom is 0.161 e. The van der Waals surface area contributed by atoms with Crippen LogP contribution in [0.25, 0.3) is 0 Å². The summed E-state index contributed by atoms with van der Waals surface area (Å²) in [6.45, 7) is 11.3.